The van der Waals surface area contributed by atoms with E-state index in [2.05, 4.69) is 35.8 Å². The molecule has 0 heterocycles. The molecule has 0 fully saturated rings. The number of nitrogen functional groups attached to an aromatic ring is 1. The Morgan fingerprint density at radius 3 is 2.45 bits per heavy atom. The molecule has 0 aromatic heterocycles. The summed E-state index contributed by atoms with van der Waals surface area (Å²) in [5.74, 6) is 1.34. The molecule has 1 unspecified atom stereocenters. The third-order valence-corrected chi connectivity index (χ3v) is 3.77. The number of hydrogen-bond acceptors (Lipinski definition) is 2. The molecule has 0 saturated carbocycles. The fourth-order valence-electron chi connectivity index (χ4n) is 2.15. The summed E-state index contributed by atoms with van der Waals surface area (Å²) in [6.45, 7) is 6.38. The van der Waals surface area contributed by atoms with Crippen LogP contribution in [0.3, 0.4) is 0 Å². The van der Waals surface area contributed by atoms with Gasteiger partial charge in [-0.3, -0.25) is 0 Å². The Labute approximate surface area is 129 Å². The van der Waals surface area contributed by atoms with Crippen LogP contribution in [-0.4, -0.2) is 0 Å². The van der Waals surface area contributed by atoms with Gasteiger partial charge in [-0.25, -0.2) is 0 Å². The maximum atomic E-state index is 6.13. The third-order valence-electron chi connectivity index (χ3n) is 3.28. The number of halogens is 1. The molecule has 2 aromatic rings. The summed E-state index contributed by atoms with van der Waals surface area (Å²) in [5.41, 5.74) is 8.88. The second-order valence-electron chi connectivity index (χ2n) is 5.27. The standard InChI is InChI=1S/C17H20BrNO/c1-11(2)16-10-14(18)7-8-17(16)20-12(3)13-5-4-6-15(19)9-13/h4-12H,19H2,1-3H3. The highest BCUT2D eigenvalue weighted by atomic mass is 79.9. The first-order chi connectivity index (χ1) is 9.47. The fraction of sp³-hybridized carbons (Fsp3) is 0.294. The Kier molecular flexibility index (Phi) is 4.71. The maximum absolute atomic E-state index is 6.13. The van der Waals surface area contributed by atoms with Crippen molar-refractivity contribution in [1.82, 2.24) is 0 Å². The lowest BCUT2D eigenvalue weighted by molar-refractivity contribution is 0.224. The Bertz CT molecular complexity index is 595. The van der Waals surface area contributed by atoms with Crippen LogP contribution < -0.4 is 10.5 Å². The number of anilines is 1. The highest BCUT2D eigenvalue weighted by Crippen LogP contribution is 2.32. The second kappa shape index (κ2) is 6.31. The summed E-state index contributed by atoms with van der Waals surface area (Å²) < 4.78 is 7.20. The highest BCUT2D eigenvalue weighted by Gasteiger charge is 2.13. The first-order valence-electron chi connectivity index (χ1n) is 6.79. The molecule has 0 bridgehead atoms. The maximum Gasteiger partial charge on any atom is 0.123 e. The molecule has 2 rings (SSSR count). The quantitative estimate of drug-likeness (QED) is 0.771. The van der Waals surface area contributed by atoms with Crippen LogP contribution in [0.15, 0.2) is 46.9 Å². The van der Waals surface area contributed by atoms with Crippen LogP contribution in [0.1, 0.15) is 43.9 Å². The molecule has 2 nitrogen and oxygen atoms in total. The van der Waals surface area contributed by atoms with Crippen molar-refractivity contribution < 1.29 is 4.74 Å². The van der Waals surface area contributed by atoms with E-state index in [1.807, 2.05) is 43.3 Å². The van der Waals surface area contributed by atoms with Crippen LogP contribution in [-0.2, 0) is 0 Å². The summed E-state index contributed by atoms with van der Waals surface area (Å²) in [6, 6.07) is 14.0. The zero-order valence-electron chi connectivity index (χ0n) is 12.1. The van der Waals surface area contributed by atoms with E-state index < -0.39 is 0 Å². The average Bonchev–Trinajstić information content (AvgIpc) is 2.40. The zero-order valence-corrected chi connectivity index (χ0v) is 13.6. The lowest BCUT2D eigenvalue weighted by Crippen LogP contribution is -2.06. The van der Waals surface area contributed by atoms with Crippen LogP contribution in [0.4, 0.5) is 5.69 Å². The van der Waals surface area contributed by atoms with Crippen molar-refractivity contribution in [2.45, 2.75) is 32.8 Å². The summed E-state index contributed by atoms with van der Waals surface area (Å²) in [5, 5.41) is 0. The van der Waals surface area contributed by atoms with Crippen molar-refractivity contribution >= 4 is 21.6 Å². The molecule has 0 spiro atoms. The summed E-state index contributed by atoms with van der Waals surface area (Å²) in [7, 11) is 0. The lowest BCUT2D eigenvalue weighted by atomic mass is 10.0. The monoisotopic (exact) mass is 333 g/mol. The molecule has 0 amide bonds. The molecular formula is C17H20BrNO. The Hall–Kier alpha value is -1.48. The van der Waals surface area contributed by atoms with Crippen molar-refractivity contribution in [3.05, 3.63) is 58.1 Å². The van der Waals surface area contributed by atoms with Crippen LogP contribution in [0.5, 0.6) is 5.75 Å². The van der Waals surface area contributed by atoms with Crippen molar-refractivity contribution in [2.24, 2.45) is 0 Å². The molecule has 0 aliphatic carbocycles. The SMILES string of the molecule is CC(C)c1cc(Br)ccc1OC(C)c1cccc(N)c1. The highest BCUT2D eigenvalue weighted by molar-refractivity contribution is 9.10. The normalized spacial score (nSPS) is 12.4. The lowest BCUT2D eigenvalue weighted by Gasteiger charge is -2.20. The molecule has 2 aromatic carbocycles. The molecule has 0 saturated heterocycles. The molecule has 2 N–H and O–H groups in total. The van der Waals surface area contributed by atoms with Gasteiger partial charge in [-0.2, -0.15) is 0 Å². The van der Waals surface area contributed by atoms with Crippen LogP contribution in [0.25, 0.3) is 0 Å². The van der Waals surface area contributed by atoms with Gasteiger partial charge in [0.1, 0.15) is 11.9 Å². The Balaban J connectivity index is 2.25. The summed E-state index contributed by atoms with van der Waals surface area (Å²) in [4.78, 5) is 0. The number of rotatable bonds is 4. The second-order valence-corrected chi connectivity index (χ2v) is 6.18. The molecular weight excluding hydrogens is 314 g/mol. The van der Waals surface area contributed by atoms with E-state index in [1.165, 1.54) is 5.56 Å². The van der Waals surface area contributed by atoms with E-state index in [4.69, 9.17) is 10.5 Å². The number of benzene rings is 2. The smallest absolute Gasteiger partial charge is 0.123 e. The Morgan fingerprint density at radius 2 is 1.80 bits per heavy atom. The van der Waals surface area contributed by atoms with E-state index in [0.29, 0.717) is 5.92 Å². The van der Waals surface area contributed by atoms with E-state index in [-0.39, 0.29) is 6.10 Å². The van der Waals surface area contributed by atoms with Gasteiger partial charge in [-0.05, 0) is 54.3 Å². The van der Waals surface area contributed by atoms with Gasteiger partial charge in [0.05, 0.1) is 0 Å². The van der Waals surface area contributed by atoms with Crippen molar-refractivity contribution in [3.8, 4) is 5.75 Å². The van der Waals surface area contributed by atoms with Gasteiger partial charge in [-0.1, -0.05) is 41.9 Å². The predicted molar refractivity (Wildman–Crippen MR) is 88.1 cm³/mol. The van der Waals surface area contributed by atoms with Gasteiger partial charge in [0.15, 0.2) is 0 Å². The number of nitrogens with two attached hydrogens (primary N) is 1. The van der Waals surface area contributed by atoms with Crippen molar-refractivity contribution in [3.63, 3.8) is 0 Å². The van der Waals surface area contributed by atoms with Crippen molar-refractivity contribution in [2.75, 3.05) is 5.73 Å². The molecule has 1 atom stereocenters. The topological polar surface area (TPSA) is 35.2 Å². The fourth-order valence-corrected chi connectivity index (χ4v) is 2.53. The molecule has 0 aliphatic heterocycles. The molecule has 0 aliphatic rings. The molecule has 106 valence electrons. The third kappa shape index (κ3) is 3.54. The minimum atomic E-state index is -0.0304. The average molecular weight is 334 g/mol. The van der Waals surface area contributed by atoms with Gasteiger partial charge in [-0.15, -0.1) is 0 Å². The largest absolute Gasteiger partial charge is 0.486 e. The van der Waals surface area contributed by atoms with Crippen LogP contribution in [0.2, 0.25) is 0 Å². The Morgan fingerprint density at radius 1 is 1.05 bits per heavy atom. The molecule has 20 heavy (non-hydrogen) atoms. The van der Waals surface area contributed by atoms with E-state index >= 15 is 0 Å². The van der Waals surface area contributed by atoms with Crippen LogP contribution >= 0.6 is 15.9 Å². The minimum Gasteiger partial charge on any atom is -0.486 e. The van der Waals surface area contributed by atoms with Gasteiger partial charge in [0.25, 0.3) is 0 Å². The summed E-state index contributed by atoms with van der Waals surface area (Å²) in [6.07, 6.45) is -0.0304. The molecule has 3 heteroatoms. The van der Waals surface area contributed by atoms with E-state index in [9.17, 15) is 0 Å². The summed E-state index contributed by atoms with van der Waals surface area (Å²) >= 11 is 3.51. The first-order valence-corrected chi connectivity index (χ1v) is 7.58. The van der Waals surface area contributed by atoms with Gasteiger partial charge < -0.3 is 10.5 Å². The zero-order chi connectivity index (χ0) is 14.7. The predicted octanol–water partition coefficient (Wildman–Crippen LogP) is 5.29. The van der Waals surface area contributed by atoms with Gasteiger partial charge in [0.2, 0.25) is 0 Å². The van der Waals surface area contributed by atoms with E-state index in [0.717, 1.165) is 21.5 Å². The minimum absolute atomic E-state index is 0.0304. The van der Waals surface area contributed by atoms with Gasteiger partial charge in [0, 0.05) is 10.2 Å². The van der Waals surface area contributed by atoms with E-state index in [1.54, 1.807) is 0 Å². The number of hydrogen-bond donors (Lipinski definition) is 1. The van der Waals surface area contributed by atoms with Crippen molar-refractivity contribution in [1.29, 1.82) is 0 Å². The number of ether oxygens (including phenoxy) is 1. The molecule has 0 radical (unpaired) electrons. The van der Waals surface area contributed by atoms with Crippen LogP contribution in [0, 0.1) is 0 Å². The van der Waals surface area contributed by atoms with Gasteiger partial charge >= 0.3 is 0 Å². The first kappa shape index (κ1) is 14.9.